The molecule has 1 aliphatic heterocycles. The number of hydrogen-bond acceptors (Lipinski definition) is 5. The number of hydrogen-bond donors (Lipinski definition) is 1. The highest BCUT2D eigenvalue weighted by Gasteiger charge is 2.29. The maximum Gasteiger partial charge on any atom is 0.230 e. The van der Waals surface area contributed by atoms with Gasteiger partial charge in [-0.25, -0.2) is 15.0 Å². The number of rotatable bonds is 4. The molecule has 1 saturated carbocycles. The Balaban J connectivity index is 1.43. The van der Waals surface area contributed by atoms with Crippen molar-refractivity contribution in [1.82, 2.24) is 15.0 Å². The fourth-order valence-electron chi connectivity index (χ4n) is 3.32. The van der Waals surface area contributed by atoms with Crippen LogP contribution in [0.5, 0.6) is 0 Å². The van der Waals surface area contributed by atoms with Crippen LogP contribution in [0.1, 0.15) is 43.1 Å². The first-order valence-corrected chi connectivity index (χ1v) is 9.01. The van der Waals surface area contributed by atoms with Gasteiger partial charge in [0.15, 0.2) is 0 Å². The van der Waals surface area contributed by atoms with Crippen LogP contribution in [0.15, 0.2) is 30.5 Å². The van der Waals surface area contributed by atoms with Crippen molar-refractivity contribution in [2.75, 3.05) is 23.3 Å². The van der Waals surface area contributed by atoms with Crippen LogP contribution in [0.2, 0.25) is 0 Å². The Morgan fingerprint density at radius 1 is 1.20 bits per heavy atom. The van der Waals surface area contributed by atoms with Crippen molar-refractivity contribution in [3.8, 4) is 0 Å². The van der Waals surface area contributed by atoms with Gasteiger partial charge in [0.25, 0.3) is 0 Å². The molecule has 4 rings (SSSR count). The summed E-state index contributed by atoms with van der Waals surface area (Å²) in [5.74, 6) is 3.06. The van der Waals surface area contributed by atoms with Crippen LogP contribution in [-0.2, 0) is 4.79 Å². The standard InChI is InChI=1S/C19H23N5O/c1-13-4-2-6-16(21-13)22-19(25)15-5-3-11-24(12-15)17-9-10-20-18(23-17)14-7-8-14/h2,4,6,9-10,14-15H,3,5,7-8,11-12H2,1H3,(H,21,22,25). The summed E-state index contributed by atoms with van der Waals surface area (Å²) in [6.45, 7) is 3.55. The second-order valence-electron chi connectivity index (χ2n) is 6.99. The lowest BCUT2D eigenvalue weighted by Gasteiger charge is -2.32. The molecule has 1 atom stereocenters. The van der Waals surface area contributed by atoms with Crippen molar-refractivity contribution in [3.63, 3.8) is 0 Å². The van der Waals surface area contributed by atoms with Crippen molar-refractivity contribution in [1.29, 1.82) is 0 Å². The molecule has 6 heteroatoms. The summed E-state index contributed by atoms with van der Waals surface area (Å²) < 4.78 is 0. The van der Waals surface area contributed by atoms with E-state index in [1.165, 1.54) is 12.8 Å². The molecular formula is C19H23N5O. The van der Waals surface area contributed by atoms with Crippen LogP contribution in [0.3, 0.4) is 0 Å². The number of aromatic nitrogens is 3. The summed E-state index contributed by atoms with van der Waals surface area (Å²) >= 11 is 0. The van der Waals surface area contributed by atoms with Crippen LogP contribution in [-0.4, -0.2) is 33.9 Å². The summed E-state index contributed by atoms with van der Waals surface area (Å²) in [5.41, 5.74) is 0.900. The van der Waals surface area contributed by atoms with E-state index in [-0.39, 0.29) is 11.8 Å². The molecule has 6 nitrogen and oxygen atoms in total. The molecule has 1 amide bonds. The number of piperidine rings is 1. The first-order valence-electron chi connectivity index (χ1n) is 9.01. The van der Waals surface area contributed by atoms with Gasteiger partial charge in [0.05, 0.1) is 5.92 Å². The summed E-state index contributed by atoms with van der Waals surface area (Å²) in [4.78, 5) is 28.3. The van der Waals surface area contributed by atoms with E-state index in [0.29, 0.717) is 18.3 Å². The molecule has 1 saturated heterocycles. The quantitative estimate of drug-likeness (QED) is 0.929. The number of carbonyl (C=O) groups excluding carboxylic acids is 1. The average molecular weight is 337 g/mol. The fourth-order valence-corrected chi connectivity index (χ4v) is 3.32. The van der Waals surface area contributed by atoms with E-state index >= 15 is 0 Å². The second kappa shape index (κ2) is 6.78. The summed E-state index contributed by atoms with van der Waals surface area (Å²) in [6.07, 6.45) is 6.11. The Morgan fingerprint density at radius 3 is 2.88 bits per heavy atom. The fraction of sp³-hybridized carbons (Fsp3) is 0.474. The maximum atomic E-state index is 12.6. The SMILES string of the molecule is Cc1cccc(NC(=O)C2CCCN(c3ccnc(C4CC4)n3)C2)n1. The van der Waals surface area contributed by atoms with Gasteiger partial charge in [-0.2, -0.15) is 0 Å². The number of nitrogens with zero attached hydrogens (tertiary/aromatic N) is 4. The average Bonchev–Trinajstić information content (AvgIpc) is 3.47. The highest BCUT2D eigenvalue weighted by Crippen LogP contribution is 2.38. The Kier molecular flexibility index (Phi) is 4.34. The molecule has 2 aliphatic rings. The third-order valence-electron chi connectivity index (χ3n) is 4.86. The van der Waals surface area contributed by atoms with Gasteiger partial charge in [-0.3, -0.25) is 4.79 Å². The molecule has 2 aromatic rings. The Labute approximate surface area is 147 Å². The molecule has 0 bridgehead atoms. The normalized spacial score (nSPS) is 20.4. The minimum atomic E-state index is -0.0459. The Bertz CT molecular complexity index is 774. The number of pyridine rings is 1. The number of carbonyl (C=O) groups is 1. The lowest BCUT2D eigenvalue weighted by atomic mass is 9.97. The first kappa shape index (κ1) is 16.0. The van der Waals surface area contributed by atoms with E-state index in [1.807, 2.05) is 37.4 Å². The van der Waals surface area contributed by atoms with Gasteiger partial charge < -0.3 is 10.2 Å². The molecule has 0 radical (unpaired) electrons. The largest absolute Gasteiger partial charge is 0.356 e. The number of aryl methyl sites for hydroxylation is 1. The molecule has 1 aliphatic carbocycles. The van der Waals surface area contributed by atoms with Crippen molar-refractivity contribution in [3.05, 3.63) is 42.0 Å². The van der Waals surface area contributed by atoms with Crippen LogP contribution < -0.4 is 10.2 Å². The van der Waals surface area contributed by atoms with Gasteiger partial charge in [-0.05, 0) is 50.8 Å². The predicted octanol–water partition coefficient (Wildman–Crippen LogP) is 2.91. The summed E-state index contributed by atoms with van der Waals surface area (Å²) in [5, 5.41) is 2.95. The van der Waals surface area contributed by atoms with Gasteiger partial charge in [-0.1, -0.05) is 6.07 Å². The minimum Gasteiger partial charge on any atom is -0.356 e. The highest BCUT2D eigenvalue weighted by atomic mass is 16.2. The zero-order chi connectivity index (χ0) is 17.2. The zero-order valence-electron chi connectivity index (χ0n) is 14.5. The van der Waals surface area contributed by atoms with E-state index in [9.17, 15) is 4.79 Å². The molecule has 0 spiro atoms. The number of anilines is 2. The van der Waals surface area contributed by atoms with Crippen LogP contribution >= 0.6 is 0 Å². The van der Waals surface area contributed by atoms with Crippen LogP contribution in [0.25, 0.3) is 0 Å². The topological polar surface area (TPSA) is 71.0 Å². The molecular weight excluding hydrogens is 314 g/mol. The predicted molar refractivity (Wildman–Crippen MR) is 96.5 cm³/mol. The van der Waals surface area contributed by atoms with Gasteiger partial charge in [0, 0.05) is 30.9 Å². The molecule has 25 heavy (non-hydrogen) atoms. The summed E-state index contributed by atoms with van der Waals surface area (Å²) in [7, 11) is 0. The van der Waals surface area contributed by atoms with Crippen molar-refractivity contribution in [2.45, 2.75) is 38.5 Å². The smallest absolute Gasteiger partial charge is 0.230 e. The first-order chi connectivity index (χ1) is 12.2. The highest BCUT2D eigenvalue weighted by molar-refractivity contribution is 5.92. The van der Waals surface area contributed by atoms with Gasteiger partial charge >= 0.3 is 0 Å². The molecule has 1 unspecified atom stereocenters. The van der Waals surface area contributed by atoms with E-state index < -0.39 is 0 Å². The van der Waals surface area contributed by atoms with Gasteiger partial charge in [0.2, 0.25) is 5.91 Å². The van der Waals surface area contributed by atoms with Gasteiger partial charge in [0.1, 0.15) is 17.5 Å². The van der Waals surface area contributed by atoms with E-state index in [4.69, 9.17) is 4.98 Å². The van der Waals surface area contributed by atoms with Crippen molar-refractivity contribution >= 4 is 17.5 Å². The third-order valence-corrected chi connectivity index (χ3v) is 4.86. The maximum absolute atomic E-state index is 12.6. The van der Waals surface area contributed by atoms with Gasteiger partial charge in [-0.15, -0.1) is 0 Å². The summed E-state index contributed by atoms with van der Waals surface area (Å²) in [6, 6.07) is 7.61. The Hall–Kier alpha value is -2.50. The minimum absolute atomic E-state index is 0.0410. The van der Waals surface area contributed by atoms with E-state index in [0.717, 1.165) is 36.7 Å². The molecule has 3 heterocycles. The monoisotopic (exact) mass is 337 g/mol. The molecule has 2 aromatic heterocycles. The molecule has 2 fully saturated rings. The number of amides is 1. The van der Waals surface area contributed by atoms with Crippen molar-refractivity contribution < 1.29 is 4.79 Å². The number of nitrogens with one attached hydrogen (secondary N) is 1. The lowest BCUT2D eigenvalue weighted by molar-refractivity contribution is -0.120. The molecule has 0 aromatic carbocycles. The lowest BCUT2D eigenvalue weighted by Crippen LogP contribution is -2.41. The van der Waals surface area contributed by atoms with Crippen molar-refractivity contribution in [2.24, 2.45) is 5.92 Å². The second-order valence-corrected chi connectivity index (χ2v) is 6.99. The Morgan fingerprint density at radius 2 is 2.08 bits per heavy atom. The van der Waals surface area contributed by atoms with E-state index in [2.05, 4.69) is 20.2 Å². The molecule has 130 valence electrons. The van der Waals surface area contributed by atoms with Crippen LogP contribution in [0, 0.1) is 12.8 Å². The zero-order valence-corrected chi connectivity index (χ0v) is 14.5. The third kappa shape index (κ3) is 3.78. The molecule has 1 N–H and O–H groups in total. The van der Waals surface area contributed by atoms with Crippen LogP contribution in [0.4, 0.5) is 11.6 Å². The van der Waals surface area contributed by atoms with E-state index in [1.54, 1.807) is 0 Å².